The number of benzene rings is 1. The van der Waals surface area contributed by atoms with E-state index >= 15 is 0 Å². The molecule has 1 aromatic carbocycles. The average Bonchev–Trinajstić information content (AvgIpc) is 2.29. The van der Waals surface area contributed by atoms with Crippen molar-refractivity contribution in [3.8, 4) is 5.75 Å². The smallest absolute Gasteiger partial charge is 0.241 e. The summed E-state index contributed by atoms with van der Waals surface area (Å²) in [4.78, 5) is 10.8. The number of nitrogens with one attached hydrogen (secondary N) is 2. The molecule has 7 nitrogen and oxygen atoms in total. The summed E-state index contributed by atoms with van der Waals surface area (Å²) in [5.41, 5.74) is 5.33. The molecule has 1 aromatic rings. The molecule has 0 saturated heterocycles. The van der Waals surface area contributed by atoms with E-state index in [0.29, 0.717) is 0 Å². The Labute approximate surface area is 98.7 Å². The molecule has 0 atom stereocenters. The lowest BCUT2D eigenvalue weighted by molar-refractivity contribution is -0.119. The van der Waals surface area contributed by atoms with Crippen molar-refractivity contribution in [3.63, 3.8) is 0 Å². The topological polar surface area (TPSA) is 122 Å². The molecule has 0 fully saturated rings. The van der Waals surface area contributed by atoms with E-state index in [9.17, 15) is 13.2 Å². The SMILES string of the molecule is CNC(=O)CNS(=O)(=O)c1ccc(O)c(N)c1. The molecule has 1 amide bonds. The van der Waals surface area contributed by atoms with Gasteiger partial charge in [-0.05, 0) is 18.2 Å². The summed E-state index contributed by atoms with van der Waals surface area (Å²) in [7, 11) is -2.41. The fourth-order valence-corrected chi connectivity index (χ4v) is 2.05. The van der Waals surface area contributed by atoms with Gasteiger partial charge in [0.1, 0.15) is 5.75 Å². The van der Waals surface area contributed by atoms with Gasteiger partial charge in [-0.25, -0.2) is 13.1 Å². The molecular formula is C9H13N3O4S. The highest BCUT2D eigenvalue weighted by Gasteiger charge is 2.16. The van der Waals surface area contributed by atoms with Crippen molar-refractivity contribution in [2.75, 3.05) is 19.3 Å². The highest BCUT2D eigenvalue weighted by atomic mass is 32.2. The third kappa shape index (κ3) is 3.33. The van der Waals surface area contributed by atoms with Crippen LogP contribution < -0.4 is 15.8 Å². The fourth-order valence-electron chi connectivity index (χ4n) is 1.03. The number of likely N-dealkylation sites (N-methyl/N-ethyl adjacent to an activating group) is 1. The lowest BCUT2D eigenvalue weighted by atomic mass is 10.3. The Balaban J connectivity index is 2.90. The van der Waals surface area contributed by atoms with Gasteiger partial charge in [-0.3, -0.25) is 4.79 Å². The van der Waals surface area contributed by atoms with E-state index < -0.39 is 15.9 Å². The van der Waals surface area contributed by atoms with E-state index in [1.54, 1.807) is 0 Å². The van der Waals surface area contributed by atoms with Crippen molar-refractivity contribution < 1.29 is 18.3 Å². The second-order valence-corrected chi connectivity index (χ2v) is 4.99. The first kappa shape index (κ1) is 13.3. The lowest BCUT2D eigenvalue weighted by Gasteiger charge is -2.07. The van der Waals surface area contributed by atoms with E-state index in [2.05, 4.69) is 10.0 Å². The first-order valence-corrected chi connectivity index (χ1v) is 6.14. The molecule has 0 aliphatic rings. The first-order chi connectivity index (χ1) is 7.86. The monoisotopic (exact) mass is 259 g/mol. The molecule has 1 rings (SSSR count). The van der Waals surface area contributed by atoms with Crippen LogP contribution in [0.2, 0.25) is 0 Å². The number of sulfonamides is 1. The van der Waals surface area contributed by atoms with Crippen molar-refractivity contribution in [2.45, 2.75) is 4.90 Å². The van der Waals surface area contributed by atoms with Crippen LogP contribution in [-0.2, 0) is 14.8 Å². The molecule has 8 heteroatoms. The number of hydrogen-bond acceptors (Lipinski definition) is 5. The van der Waals surface area contributed by atoms with Gasteiger partial charge >= 0.3 is 0 Å². The molecule has 0 spiro atoms. The molecule has 0 aliphatic carbocycles. The number of amides is 1. The summed E-state index contributed by atoms with van der Waals surface area (Å²) >= 11 is 0. The number of phenolic OH excluding ortho intramolecular Hbond substituents is 1. The third-order valence-corrected chi connectivity index (χ3v) is 3.41. The maximum atomic E-state index is 11.7. The minimum atomic E-state index is -3.81. The Morgan fingerprint density at radius 3 is 2.65 bits per heavy atom. The van der Waals surface area contributed by atoms with Crippen LogP contribution in [0.4, 0.5) is 5.69 Å². The van der Waals surface area contributed by atoms with Crippen molar-refractivity contribution in [1.29, 1.82) is 0 Å². The van der Waals surface area contributed by atoms with Crippen LogP contribution in [0.15, 0.2) is 23.1 Å². The van der Waals surface area contributed by atoms with Crippen molar-refractivity contribution >= 4 is 21.6 Å². The summed E-state index contributed by atoms with van der Waals surface area (Å²) in [6, 6.07) is 3.48. The summed E-state index contributed by atoms with van der Waals surface area (Å²) in [5, 5.41) is 11.4. The van der Waals surface area contributed by atoms with Gasteiger partial charge in [-0.1, -0.05) is 0 Å². The molecule has 0 bridgehead atoms. The standard InChI is InChI=1S/C9H13N3O4S/c1-11-9(14)5-12-17(15,16)6-2-3-8(13)7(10)4-6/h2-4,12-13H,5,10H2,1H3,(H,11,14). The second kappa shape index (κ2) is 5.02. The lowest BCUT2D eigenvalue weighted by Crippen LogP contribution is -2.35. The predicted octanol–water partition coefficient (Wildman–Crippen LogP) is -1.00. The van der Waals surface area contributed by atoms with E-state index in [0.717, 1.165) is 6.07 Å². The quantitative estimate of drug-likeness (QED) is 0.408. The van der Waals surface area contributed by atoms with Gasteiger partial charge in [0.15, 0.2) is 0 Å². The number of anilines is 1. The number of nitrogen functional groups attached to an aromatic ring is 1. The highest BCUT2D eigenvalue weighted by Crippen LogP contribution is 2.22. The van der Waals surface area contributed by atoms with Crippen LogP contribution in [0.1, 0.15) is 0 Å². The molecule has 5 N–H and O–H groups in total. The Morgan fingerprint density at radius 1 is 1.47 bits per heavy atom. The van der Waals surface area contributed by atoms with Crippen molar-refractivity contribution in [3.05, 3.63) is 18.2 Å². The van der Waals surface area contributed by atoms with Gasteiger partial charge < -0.3 is 16.2 Å². The number of rotatable bonds is 4. The zero-order valence-corrected chi connectivity index (χ0v) is 9.91. The van der Waals surface area contributed by atoms with Gasteiger partial charge in [0, 0.05) is 7.05 Å². The zero-order valence-electron chi connectivity index (χ0n) is 9.10. The Bertz CT molecular complexity index is 527. The van der Waals surface area contributed by atoms with Crippen LogP contribution in [0.5, 0.6) is 5.75 Å². The van der Waals surface area contributed by atoms with Gasteiger partial charge in [-0.2, -0.15) is 0 Å². The number of hydrogen-bond donors (Lipinski definition) is 4. The largest absolute Gasteiger partial charge is 0.506 e. The van der Waals surface area contributed by atoms with Gasteiger partial charge in [0.25, 0.3) is 0 Å². The molecule has 0 unspecified atom stereocenters. The maximum Gasteiger partial charge on any atom is 0.241 e. The molecule has 0 radical (unpaired) electrons. The van der Waals surface area contributed by atoms with Gasteiger partial charge in [0.2, 0.25) is 15.9 Å². The minimum absolute atomic E-state index is 0.0483. The summed E-state index contributed by atoms with van der Waals surface area (Å²) < 4.78 is 25.5. The van der Waals surface area contributed by atoms with Crippen molar-refractivity contribution in [1.82, 2.24) is 10.0 Å². The number of carbonyl (C=O) groups excluding carboxylic acids is 1. The second-order valence-electron chi connectivity index (χ2n) is 3.22. The van der Waals surface area contributed by atoms with Crippen LogP contribution in [0.3, 0.4) is 0 Å². The van der Waals surface area contributed by atoms with Crippen LogP contribution in [0, 0.1) is 0 Å². The molecule has 94 valence electrons. The molecule has 0 saturated carbocycles. The minimum Gasteiger partial charge on any atom is -0.506 e. The number of phenols is 1. The van der Waals surface area contributed by atoms with E-state index in [1.165, 1.54) is 19.2 Å². The van der Waals surface area contributed by atoms with E-state index in [1.807, 2.05) is 0 Å². The molecule has 0 aromatic heterocycles. The zero-order chi connectivity index (χ0) is 13.1. The van der Waals surface area contributed by atoms with Crippen LogP contribution >= 0.6 is 0 Å². The normalized spacial score (nSPS) is 11.1. The van der Waals surface area contributed by atoms with Gasteiger partial charge in [0.05, 0.1) is 17.1 Å². The van der Waals surface area contributed by atoms with E-state index in [4.69, 9.17) is 10.8 Å². The van der Waals surface area contributed by atoms with Crippen LogP contribution in [0.25, 0.3) is 0 Å². The Kier molecular flexibility index (Phi) is 3.92. The molecule has 0 aliphatic heterocycles. The molecule has 17 heavy (non-hydrogen) atoms. The predicted molar refractivity (Wildman–Crippen MR) is 61.8 cm³/mol. The number of aromatic hydroxyl groups is 1. The Hall–Kier alpha value is -1.80. The maximum absolute atomic E-state index is 11.7. The van der Waals surface area contributed by atoms with Crippen molar-refractivity contribution in [2.24, 2.45) is 0 Å². The third-order valence-electron chi connectivity index (χ3n) is 2.01. The summed E-state index contributed by atoms with van der Waals surface area (Å²) in [6.45, 7) is -0.361. The van der Waals surface area contributed by atoms with Crippen LogP contribution in [-0.4, -0.2) is 33.0 Å². The number of nitrogens with two attached hydrogens (primary N) is 1. The molecule has 0 heterocycles. The highest BCUT2D eigenvalue weighted by molar-refractivity contribution is 7.89. The average molecular weight is 259 g/mol. The Morgan fingerprint density at radius 2 is 2.12 bits per heavy atom. The summed E-state index contributed by atoms with van der Waals surface area (Å²) in [5.74, 6) is -0.657. The van der Waals surface area contributed by atoms with Gasteiger partial charge in [-0.15, -0.1) is 0 Å². The van der Waals surface area contributed by atoms with E-state index in [-0.39, 0.29) is 22.9 Å². The summed E-state index contributed by atoms with van der Waals surface area (Å²) in [6.07, 6.45) is 0. The first-order valence-electron chi connectivity index (χ1n) is 4.65. The fraction of sp³-hybridized carbons (Fsp3) is 0.222. The molecular weight excluding hydrogens is 246 g/mol. The number of carbonyl (C=O) groups is 1.